The maximum Gasteiger partial charge on any atom is -0.0162 e. The van der Waals surface area contributed by atoms with Gasteiger partial charge in [0.15, 0.2) is 0 Å². The Kier molecular flexibility index (Phi) is 4.63. The molecule has 0 aliphatic heterocycles. The highest BCUT2D eigenvalue weighted by atomic mass is 14.2. The minimum atomic E-state index is 0.731. The number of hydrogen-bond donors (Lipinski definition) is 0. The van der Waals surface area contributed by atoms with Crippen molar-refractivity contribution in [2.24, 2.45) is 11.8 Å². The molecule has 98 valence electrons. The molecule has 0 radical (unpaired) electrons. The molecule has 1 aromatic rings. The van der Waals surface area contributed by atoms with Crippen molar-refractivity contribution < 1.29 is 0 Å². The molecule has 2 rings (SSSR count). The van der Waals surface area contributed by atoms with E-state index in [1.807, 2.05) is 0 Å². The van der Waals surface area contributed by atoms with Crippen LogP contribution in [0.1, 0.15) is 57.1 Å². The average Bonchev–Trinajstić information content (AvgIpc) is 2.39. The van der Waals surface area contributed by atoms with Gasteiger partial charge in [0.25, 0.3) is 0 Å². The molecule has 1 fully saturated rings. The fraction of sp³-hybridized carbons (Fsp3) is 0.556. The van der Waals surface area contributed by atoms with Crippen LogP contribution < -0.4 is 0 Å². The van der Waals surface area contributed by atoms with Gasteiger partial charge in [-0.15, -0.1) is 0 Å². The maximum absolute atomic E-state index is 4.34. The largest absolute Gasteiger partial charge is 0.0950 e. The smallest absolute Gasteiger partial charge is 0.0162 e. The average molecular weight is 242 g/mol. The van der Waals surface area contributed by atoms with Crippen molar-refractivity contribution >= 4 is 5.57 Å². The summed E-state index contributed by atoms with van der Waals surface area (Å²) in [6, 6.07) is 9.11. The minimum Gasteiger partial charge on any atom is -0.0950 e. The molecule has 1 aromatic carbocycles. The van der Waals surface area contributed by atoms with E-state index in [1.165, 1.54) is 55.2 Å². The lowest BCUT2D eigenvalue weighted by molar-refractivity contribution is 0.430. The Hall–Kier alpha value is -1.04. The first-order valence-electron chi connectivity index (χ1n) is 7.45. The molecule has 0 heteroatoms. The molecule has 1 saturated carbocycles. The quantitative estimate of drug-likeness (QED) is 0.656. The Morgan fingerprint density at radius 3 is 2.28 bits per heavy atom. The van der Waals surface area contributed by atoms with E-state index in [0.29, 0.717) is 0 Å². The Morgan fingerprint density at radius 2 is 1.72 bits per heavy atom. The van der Waals surface area contributed by atoms with Gasteiger partial charge in [-0.2, -0.15) is 0 Å². The molecule has 1 aliphatic rings. The molecule has 0 nitrogen and oxygen atoms in total. The predicted molar refractivity (Wildman–Crippen MR) is 80.6 cm³/mol. The van der Waals surface area contributed by atoms with Gasteiger partial charge in [-0.1, -0.05) is 64.0 Å². The van der Waals surface area contributed by atoms with Gasteiger partial charge in [0.1, 0.15) is 0 Å². The molecule has 0 heterocycles. The molecule has 0 N–H and O–H groups in total. The third-order valence-electron chi connectivity index (χ3n) is 4.07. The highest BCUT2D eigenvalue weighted by molar-refractivity contribution is 5.65. The van der Waals surface area contributed by atoms with Gasteiger partial charge in [-0.05, 0) is 47.8 Å². The second-order valence-electron chi connectivity index (χ2n) is 6.16. The van der Waals surface area contributed by atoms with Crippen LogP contribution in [-0.4, -0.2) is 0 Å². The summed E-state index contributed by atoms with van der Waals surface area (Å²) in [6.45, 7) is 8.88. The third-order valence-corrected chi connectivity index (χ3v) is 4.07. The van der Waals surface area contributed by atoms with E-state index in [9.17, 15) is 0 Å². The monoisotopic (exact) mass is 242 g/mol. The highest BCUT2D eigenvalue weighted by Crippen LogP contribution is 2.34. The minimum absolute atomic E-state index is 0.731. The molecule has 0 unspecified atom stereocenters. The van der Waals surface area contributed by atoms with Crippen LogP contribution in [0.5, 0.6) is 0 Å². The van der Waals surface area contributed by atoms with Crippen LogP contribution in [-0.2, 0) is 6.42 Å². The van der Waals surface area contributed by atoms with Crippen molar-refractivity contribution in [3.05, 3.63) is 42.0 Å². The van der Waals surface area contributed by atoms with E-state index < -0.39 is 0 Å². The Morgan fingerprint density at radius 1 is 1.11 bits per heavy atom. The van der Waals surface area contributed by atoms with Crippen LogP contribution >= 0.6 is 0 Å². The van der Waals surface area contributed by atoms with E-state index in [4.69, 9.17) is 0 Å². The summed E-state index contributed by atoms with van der Waals surface area (Å²) in [5, 5.41) is 0. The zero-order valence-electron chi connectivity index (χ0n) is 11.9. The SMILES string of the molecule is C=C(c1ccc(CC(C)C)cc1)C1CCCCC1. The van der Waals surface area contributed by atoms with Gasteiger partial charge in [0.05, 0.1) is 0 Å². The van der Waals surface area contributed by atoms with E-state index in [2.05, 4.69) is 44.7 Å². The summed E-state index contributed by atoms with van der Waals surface area (Å²) in [7, 11) is 0. The molecule has 0 amide bonds. The van der Waals surface area contributed by atoms with Crippen LogP contribution in [0.4, 0.5) is 0 Å². The summed E-state index contributed by atoms with van der Waals surface area (Å²) in [5.41, 5.74) is 4.17. The highest BCUT2D eigenvalue weighted by Gasteiger charge is 2.17. The predicted octanol–water partition coefficient (Wildman–Crippen LogP) is 5.48. The van der Waals surface area contributed by atoms with Gasteiger partial charge in [0, 0.05) is 0 Å². The van der Waals surface area contributed by atoms with Crippen LogP contribution in [0.25, 0.3) is 5.57 Å². The topological polar surface area (TPSA) is 0 Å². The standard InChI is InChI=1S/C18H26/c1-14(2)13-16-9-11-18(12-10-16)15(3)17-7-5-4-6-8-17/h9-12,14,17H,3-8,13H2,1-2H3. The van der Waals surface area contributed by atoms with Crippen molar-refractivity contribution in [2.45, 2.75) is 52.4 Å². The Labute approximate surface area is 112 Å². The molecule has 0 bridgehead atoms. The lowest BCUT2D eigenvalue weighted by Gasteiger charge is -2.24. The van der Waals surface area contributed by atoms with Crippen LogP contribution in [0.3, 0.4) is 0 Å². The summed E-state index contributed by atoms with van der Waals surface area (Å²) >= 11 is 0. The Bertz CT molecular complexity index is 377. The molecule has 0 spiro atoms. The van der Waals surface area contributed by atoms with Crippen LogP contribution in [0.15, 0.2) is 30.8 Å². The lowest BCUT2D eigenvalue weighted by Crippen LogP contribution is -2.07. The van der Waals surface area contributed by atoms with Crippen molar-refractivity contribution in [2.75, 3.05) is 0 Å². The van der Waals surface area contributed by atoms with E-state index in [0.717, 1.165) is 11.8 Å². The third kappa shape index (κ3) is 3.48. The number of benzene rings is 1. The molecule has 18 heavy (non-hydrogen) atoms. The fourth-order valence-electron chi connectivity index (χ4n) is 3.01. The lowest BCUT2D eigenvalue weighted by atomic mass is 9.81. The van der Waals surface area contributed by atoms with E-state index in [1.54, 1.807) is 0 Å². The summed E-state index contributed by atoms with van der Waals surface area (Å²) in [6.07, 6.45) is 8.04. The van der Waals surface area contributed by atoms with Gasteiger partial charge < -0.3 is 0 Å². The van der Waals surface area contributed by atoms with Gasteiger partial charge in [0.2, 0.25) is 0 Å². The van der Waals surface area contributed by atoms with E-state index >= 15 is 0 Å². The first-order chi connectivity index (χ1) is 8.66. The van der Waals surface area contributed by atoms with Crippen molar-refractivity contribution in [1.82, 2.24) is 0 Å². The normalized spacial score (nSPS) is 17.1. The van der Waals surface area contributed by atoms with Crippen molar-refractivity contribution in [1.29, 1.82) is 0 Å². The summed E-state index contributed by atoms with van der Waals surface area (Å²) in [5.74, 6) is 1.46. The first kappa shape index (κ1) is 13.4. The molecule has 0 atom stereocenters. The summed E-state index contributed by atoms with van der Waals surface area (Å²) < 4.78 is 0. The van der Waals surface area contributed by atoms with E-state index in [-0.39, 0.29) is 0 Å². The van der Waals surface area contributed by atoms with Crippen LogP contribution in [0.2, 0.25) is 0 Å². The molecule has 0 saturated heterocycles. The van der Waals surface area contributed by atoms with Gasteiger partial charge in [-0.25, -0.2) is 0 Å². The number of allylic oxidation sites excluding steroid dienone is 1. The van der Waals surface area contributed by atoms with Crippen molar-refractivity contribution in [3.63, 3.8) is 0 Å². The van der Waals surface area contributed by atoms with Gasteiger partial charge >= 0.3 is 0 Å². The van der Waals surface area contributed by atoms with Crippen LogP contribution in [0, 0.1) is 11.8 Å². The fourth-order valence-corrected chi connectivity index (χ4v) is 3.01. The van der Waals surface area contributed by atoms with Gasteiger partial charge in [-0.3, -0.25) is 0 Å². The molecule has 1 aliphatic carbocycles. The summed E-state index contributed by atoms with van der Waals surface area (Å²) in [4.78, 5) is 0. The Balaban J connectivity index is 2.02. The number of hydrogen-bond acceptors (Lipinski definition) is 0. The second-order valence-corrected chi connectivity index (χ2v) is 6.16. The molecular formula is C18H26. The first-order valence-corrected chi connectivity index (χ1v) is 7.45. The molecule has 0 aromatic heterocycles. The maximum atomic E-state index is 4.34. The number of rotatable bonds is 4. The molecular weight excluding hydrogens is 216 g/mol. The second kappa shape index (κ2) is 6.22. The van der Waals surface area contributed by atoms with Crippen molar-refractivity contribution in [3.8, 4) is 0 Å². The zero-order valence-corrected chi connectivity index (χ0v) is 11.9. The zero-order chi connectivity index (χ0) is 13.0.